The molecule has 1 aliphatic rings. The van der Waals surface area contributed by atoms with E-state index in [0.717, 1.165) is 29.9 Å². The Bertz CT molecular complexity index is 924. The van der Waals surface area contributed by atoms with Gasteiger partial charge in [0.15, 0.2) is 11.5 Å². The number of benzene rings is 1. The fraction of sp³-hybridized carbons (Fsp3) is 0.400. The Hall–Kier alpha value is -2.81. The van der Waals surface area contributed by atoms with Crippen LogP contribution in [0.15, 0.2) is 30.5 Å². The molecule has 0 bridgehead atoms. The molecular formula is C20H22FN5. The number of imidazole rings is 1. The summed E-state index contributed by atoms with van der Waals surface area (Å²) < 4.78 is 15.2. The Morgan fingerprint density at radius 3 is 2.50 bits per heavy atom. The third-order valence-electron chi connectivity index (χ3n) is 5.14. The van der Waals surface area contributed by atoms with Crippen LogP contribution in [0.5, 0.6) is 0 Å². The van der Waals surface area contributed by atoms with E-state index in [9.17, 15) is 9.65 Å². The molecule has 134 valence electrons. The summed E-state index contributed by atoms with van der Waals surface area (Å²) >= 11 is 0. The first kappa shape index (κ1) is 16.6. The van der Waals surface area contributed by atoms with Crippen molar-refractivity contribution in [1.29, 1.82) is 5.26 Å². The number of hydrogen-bond acceptors (Lipinski definition) is 3. The average Bonchev–Trinajstić information content (AvgIpc) is 3.17. The lowest BCUT2D eigenvalue weighted by molar-refractivity contribution is 0.470. The summed E-state index contributed by atoms with van der Waals surface area (Å²) in [7, 11) is 0. The lowest BCUT2D eigenvalue weighted by atomic mass is 9.96. The number of aromatic amines is 1. The number of aromatic nitrogens is 3. The van der Waals surface area contributed by atoms with Crippen molar-refractivity contribution >= 4 is 11.5 Å². The molecule has 0 aliphatic heterocycles. The molecular weight excluding hydrogens is 329 g/mol. The SMILES string of the molecule is N#Cc1c[nH]n2c(NC3CCCCCCC3)c(-c3ccc(F)cc3)nc12. The quantitative estimate of drug-likeness (QED) is 0.708. The fourth-order valence-corrected chi connectivity index (χ4v) is 3.74. The third-order valence-corrected chi connectivity index (χ3v) is 5.14. The van der Waals surface area contributed by atoms with Crippen LogP contribution in [0.3, 0.4) is 0 Å². The summed E-state index contributed by atoms with van der Waals surface area (Å²) in [5.74, 6) is 0.574. The molecule has 0 amide bonds. The van der Waals surface area contributed by atoms with Crippen molar-refractivity contribution in [3.8, 4) is 17.3 Å². The van der Waals surface area contributed by atoms with Crippen LogP contribution in [-0.4, -0.2) is 20.6 Å². The van der Waals surface area contributed by atoms with Crippen LogP contribution in [0.2, 0.25) is 0 Å². The third kappa shape index (κ3) is 3.17. The monoisotopic (exact) mass is 351 g/mol. The minimum absolute atomic E-state index is 0.272. The highest BCUT2D eigenvalue weighted by atomic mass is 19.1. The van der Waals surface area contributed by atoms with Crippen LogP contribution in [0.4, 0.5) is 10.2 Å². The number of rotatable bonds is 3. The van der Waals surface area contributed by atoms with Gasteiger partial charge in [-0.2, -0.15) is 5.26 Å². The Labute approximate surface area is 151 Å². The normalized spacial score (nSPS) is 16.2. The fourth-order valence-electron chi connectivity index (χ4n) is 3.74. The summed E-state index contributed by atoms with van der Waals surface area (Å²) in [6.07, 6.45) is 10.3. The second kappa shape index (κ2) is 7.20. The average molecular weight is 351 g/mol. The van der Waals surface area contributed by atoms with Gasteiger partial charge in [0.1, 0.15) is 23.1 Å². The highest BCUT2D eigenvalue weighted by Gasteiger charge is 2.21. The van der Waals surface area contributed by atoms with E-state index in [2.05, 4.69) is 21.5 Å². The number of H-pyrrole nitrogens is 1. The van der Waals surface area contributed by atoms with Crippen LogP contribution >= 0.6 is 0 Å². The van der Waals surface area contributed by atoms with E-state index in [1.165, 1.54) is 44.2 Å². The molecule has 26 heavy (non-hydrogen) atoms. The minimum atomic E-state index is -0.272. The maximum atomic E-state index is 13.3. The number of halogens is 1. The summed E-state index contributed by atoms with van der Waals surface area (Å²) in [6, 6.07) is 8.88. The number of nitrogens with zero attached hydrogens (tertiary/aromatic N) is 3. The second-order valence-corrected chi connectivity index (χ2v) is 6.96. The molecule has 0 atom stereocenters. The van der Waals surface area contributed by atoms with Gasteiger partial charge in [0.25, 0.3) is 0 Å². The molecule has 2 N–H and O–H groups in total. The standard InChI is InChI=1S/C20H22FN5/c21-16-10-8-14(9-11-16)18-20(24-17-6-4-2-1-3-5-7-17)26-19(25-18)15(12-22)13-23-26/h8-11,13,17,23-24H,1-7H2. The van der Waals surface area contributed by atoms with Gasteiger partial charge in [0.2, 0.25) is 0 Å². The van der Waals surface area contributed by atoms with E-state index in [-0.39, 0.29) is 5.82 Å². The van der Waals surface area contributed by atoms with E-state index < -0.39 is 0 Å². The topological polar surface area (TPSA) is 68.9 Å². The zero-order chi connectivity index (χ0) is 17.9. The van der Waals surface area contributed by atoms with Crippen LogP contribution in [0.25, 0.3) is 16.9 Å². The number of hydrogen-bond donors (Lipinski definition) is 2. The molecule has 0 radical (unpaired) electrons. The molecule has 0 spiro atoms. The van der Waals surface area contributed by atoms with Gasteiger partial charge in [-0.15, -0.1) is 0 Å². The largest absolute Gasteiger partial charge is 0.365 e. The van der Waals surface area contributed by atoms with Gasteiger partial charge in [-0.3, -0.25) is 5.10 Å². The van der Waals surface area contributed by atoms with Crippen LogP contribution < -0.4 is 5.32 Å². The number of anilines is 1. The van der Waals surface area contributed by atoms with Crippen molar-refractivity contribution in [1.82, 2.24) is 14.6 Å². The van der Waals surface area contributed by atoms with E-state index in [1.54, 1.807) is 18.3 Å². The zero-order valence-corrected chi connectivity index (χ0v) is 14.6. The Balaban J connectivity index is 1.75. The molecule has 4 rings (SSSR count). The number of nitrogens with one attached hydrogen (secondary N) is 2. The predicted molar refractivity (Wildman–Crippen MR) is 99.4 cm³/mol. The van der Waals surface area contributed by atoms with Crippen molar-refractivity contribution < 1.29 is 4.39 Å². The highest BCUT2D eigenvalue weighted by molar-refractivity contribution is 5.78. The molecule has 0 saturated heterocycles. The maximum Gasteiger partial charge on any atom is 0.173 e. The summed E-state index contributed by atoms with van der Waals surface area (Å²) in [6.45, 7) is 0. The number of nitriles is 1. The van der Waals surface area contributed by atoms with Crippen LogP contribution in [-0.2, 0) is 0 Å². The molecule has 6 heteroatoms. The molecule has 3 aromatic rings. The molecule has 1 aliphatic carbocycles. The zero-order valence-electron chi connectivity index (χ0n) is 14.6. The number of fused-ring (bicyclic) bond motifs is 1. The first-order valence-electron chi connectivity index (χ1n) is 9.28. The van der Waals surface area contributed by atoms with E-state index >= 15 is 0 Å². The first-order chi connectivity index (χ1) is 12.8. The highest BCUT2D eigenvalue weighted by Crippen LogP contribution is 2.31. The minimum Gasteiger partial charge on any atom is -0.365 e. The van der Waals surface area contributed by atoms with Gasteiger partial charge in [-0.05, 0) is 37.1 Å². The molecule has 0 unspecified atom stereocenters. The van der Waals surface area contributed by atoms with Crippen molar-refractivity contribution in [2.24, 2.45) is 0 Å². The summed E-state index contributed by atoms with van der Waals surface area (Å²) in [4.78, 5) is 4.68. The summed E-state index contributed by atoms with van der Waals surface area (Å²) in [5.41, 5.74) is 2.68. The Morgan fingerprint density at radius 1 is 1.12 bits per heavy atom. The smallest absolute Gasteiger partial charge is 0.173 e. The molecule has 5 nitrogen and oxygen atoms in total. The molecule has 1 saturated carbocycles. The second-order valence-electron chi connectivity index (χ2n) is 6.96. The molecule has 2 aromatic heterocycles. The van der Waals surface area contributed by atoms with Gasteiger partial charge in [0, 0.05) is 17.8 Å². The Morgan fingerprint density at radius 2 is 1.81 bits per heavy atom. The van der Waals surface area contributed by atoms with Gasteiger partial charge in [-0.1, -0.05) is 32.1 Å². The van der Waals surface area contributed by atoms with Gasteiger partial charge < -0.3 is 5.32 Å². The van der Waals surface area contributed by atoms with E-state index in [4.69, 9.17) is 0 Å². The molecule has 1 fully saturated rings. The first-order valence-corrected chi connectivity index (χ1v) is 9.28. The van der Waals surface area contributed by atoms with Gasteiger partial charge in [-0.25, -0.2) is 13.9 Å². The molecule has 2 heterocycles. The molecule has 1 aromatic carbocycles. The van der Waals surface area contributed by atoms with Crippen LogP contribution in [0, 0.1) is 17.1 Å². The van der Waals surface area contributed by atoms with Gasteiger partial charge in [0.05, 0.1) is 0 Å². The predicted octanol–water partition coefficient (Wildman–Crippen LogP) is 4.86. The maximum absolute atomic E-state index is 13.3. The van der Waals surface area contributed by atoms with Crippen molar-refractivity contribution in [2.75, 3.05) is 5.32 Å². The van der Waals surface area contributed by atoms with E-state index in [0.29, 0.717) is 17.3 Å². The van der Waals surface area contributed by atoms with E-state index in [1.807, 2.05) is 4.52 Å². The lowest BCUT2D eigenvalue weighted by Gasteiger charge is -2.22. The Kier molecular flexibility index (Phi) is 4.61. The van der Waals surface area contributed by atoms with Crippen molar-refractivity contribution in [3.05, 3.63) is 41.8 Å². The van der Waals surface area contributed by atoms with Crippen molar-refractivity contribution in [3.63, 3.8) is 0 Å². The lowest BCUT2D eigenvalue weighted by Crippen LogP contribution is -2.22. The van der Waals surface area contributed by atoms with Crippen LogP contribution in [0.1, 0.15) is 50.5 Å². The summed E-state index contributed by atoms with van der Waals surface area (Å²) in [5, 5.41) is 16.1. The van der Waals surface area contributed by atoms with Crippen molar-refractivity contribution in [2.45, 2.75) is 51.0 Å². The van der Waals surface area contributed by atoms with Gasteiger partial charge >= 0.3 is 0 Å².